The maximum Gasteiger partial charge on any atom is 0.308 e. The number of ether oxygens (including phenoxy) is 2. The van der Waals surface area contributed by atoms with Crippen LogP contribution >= 0.6 is 0 Å². The van der Waals surface area contributed by atoms with Crippen LogP contribution in [0.15, 0.2) is 0 Å². The van der Waals surface area contributed by atoms with Gasteiger partial charge in [0.05, 0.1) is 13.0 Å². The van der Waals surface area contributed by atoms with Crippen LogP contribution in [0, 0.1) is 5.92 Å². The zero-order chi connectivity index (χ0) is 7.19. The Morgan fingerprint density at radius 1 is 1.70 bits per heavy atom. The van der Waals surface area contributed by atoms with Crippen molar-refractivity contribution in [2.24, 2.45) is 5.92 Å². The van der Waals surface area contributed by atoms with Crippen molar-refractivity contribution < 1.29 is 14.3 Å². The number of carbonyl (C=O) groups is 1. The van der Waals surface area contributed by atoms with Gasteiger partial charge in [0.2, 0.25) is 5.79 Å². The number of esters is 1. The van der Waals surface area contributed by atoms with Gasteiger partial charge >= 0.3 is 5.97 Å². The minimum absolute atomic E-state index is 0.118. The van der Waals surface area contributed by atoms with Gasteiger partial charge in [0.25, 0.3) is 0 Å². The molecule has 2 aliphatic heterocycles. The number of carbonyl (C=O) groups excluding carboxylic acids is 1. The molecule has 2 atom stereocenters. The SMILES string of the molecule is C[C@@]12OCC[C@@H]1CC(=O)O2. The summed E-state index contributed by atoms with van der Waals surface area (Å²) in [5, 5.41) is 0. The third-order valence-electron chi connectivity index (χ3n) is 2.33. The molecule has 0 spiro atoms. The minimum Gasteiger partial charge on any atom is -0.433 e. The molecule has 3 nitrogen and oxygen atoms in total. The highest BCUT2D eigenvalue weighted by atomic mass is 16.7. The lowest BCUT2D eigenvalue weighted by Crippen LogP contribution is -2.28. The third kappa shape index (κ3) is 0.669. The Balaban J connectivity index is 2.22. The predicted molar refractivity (Wildman–Crippen MR) is 33.2 cm³/mol. The zero-order valence-corrected chi connectivity index (χ0v) is 5.92. The molecule has 2 fully saturated rings. The largest absolute Gasteiger partial charge is 0.433 e. The fourth-order valence-corrected chi connectivity index (χ4v) is 1.65. The molecule has 2 saturated heterocycles. The van der Waals surface area contributed by atoms with Gasteiger partial charge in [0, 0.05) is 12.8 Å². The summed E-state index contributed by atoms with van der Waals surface area (Å²) in [4.78, 5) is 10.8. The molecule has 0 amide bonds. The number of hydrogen-bond acceptors (Lipinski definition) is 3. The van der Waals surface area contributed by atoms with Crippen LogP contribution in [0.5, 0.6) is 0 Å². The number of hydrogen-bond donors (Lipinski definition) is 0. The van der Waals surface area contributed by atoms with Gasteiger partial charge in [-0.05, 0) is 6.42 Å². The Morgan fingerprint density at radius 3 is 3.20 bits per heavy atom. The molecule has 0 radical (unpaired) electrons. The molecule has 0 N–H and O–H groups in total. The summed E-state index contributed by atoms with van der Waals surface area (Å²) in [7, 11) is 0. The molecule has 0 aromatic rings. The summed E-state index contributed by atoms with van der Waals surface area (Å²) in [5.74, 6) is -0.385. The van der Waals surface area contributed by atoms with E-state index in [9.17, 15) is 4.79 Å². The monoisotopic (exact) mass is 142 g/mol. The van der Waals surface area contributed by atoms with Crippen molar-refractivity contribution in [3.05, 3.63) is 0 Å². The van der Waals surface area contributed by atoms with Gasteiger partial charge in [-0.3, -0.25) is 4.79 Å². The standard InChI is InChI=1S/C7H10O3/c1-7-5(2-3-9-7)4-6(8)10-7/h5H,2-4H2,1H3/t5-,7+/m1/s1. The van der Waals surface area contributed by atoms with E-state index in [-0.39, 0.29) is 5.97 Å². The first-order valence-electron chi connectivity index (χ1n) is 3.56. The molecular formula is C7H10O3. The van der Waals surface area contributed by atoms with E-state index in [2.05, 4.69) is 0 Å². The summed E-state index contributed by atoms with van der Waals surface area (Å²) < 4.78 is 10.3. The van der Waals surface area contributed by atoms with E-state index >= 15 is 0 Å². The van der Waals surface area contributed by atoms with Gasteiger partial charge in [-0.2, -0.15) is 0 Å². The highest BCUT2D eigenvalue weighted by Crippen LogP contribution is 2.40. The quantitative estimate of drug-likeness (QED) is 0.467. The Labute approximate surface area is 59.3 Å². The van der Waals surface area contributed by atoms with Crippen LogP contribution in [0.4, 0.5) is 0 Å². The van der Waals surface area contributed by atoms with Crippen LogP contribution in [0.3, 0.4) is 0 Å². The van der Waals surface area contributed by atoms with E-state index in [0.717, 1.165) is 13.0 Å². The third-order valence-corrected chi connectivity index (χ3v) is 2.33. The summed E-state index contributed by atoms with van der Waals surface area (Å²) in [6.45, 7) is 2.57. The van der Waals surface area contributed by atoms with Gasteiger partial charge in [-0.1, -0.05) is 0 Å². The summed E-state index contributed by atoms with van der Waals surface area (Å²) in [5.41, 5.74) is 0. The van der Waals surface area contributed by atoms with Gasteiger partial charge in [-0.25, -0.2) is 0 Å². The van der Waals surface area contributed by atoms with Crippen LogP contribution in [0.1, 0.15) is 19.8 Å². The van der Waals surface area contributed by atoms with E-state index in [1.807, 2.05) is 6.92 Å². The van der Waals surface area contributed by atoms with Crippen LogP contribution in [-0.2, 0) is 14.3 Å². The molecular weight excluding hydrogens is 132 g/mol. The number of fused-ring (bicyclic) bond motifs is 1. The lowest BCUT2D eigenvalue weighted by atomic mass is 9.99. The molecule has 0 saturated carbocycles. The minimum atomic E-state index is -0.572. The Hall–Kier alpha value is -0.570. The van der Waals surface area contributed by atoms with Gasteiger partial charge in [-0.15, -0.1) is 0 Å². The molecule has 0 aromatic carbocycles. The van der Waals surface area contributed by atoms with Crippen LogP contribution in [-0.4, -0.2) is 18.4 Å². The molecule has 0 aliphatic carbocycles. The Bertz CT molecular complexity index is 178. The van der Waals surface area contributed by atoms with Crippen molar-refractivity contribution in [1.29, 1.82) is 0 Å². The molecule has 3 heteroatoms. The molecule has 2 rings (SSSR count). The van der Waals surface area contributed by atoms with E-state index in [0.29, 0.717) is 12.3 Å². The average Bonchev–Trinajstić information content (AvgIpc) is 2.20. The highest BCUT2D eigenvalue weighted by Gasteiger charge is 2.50. The topological polar surface area (TPSA) is 35.5 Å². The average molecular weight is 142 g/mol. The van der Waals surface area contributed by atoms with Crippen molar-refractivity contribution in [2.75, 3.05) is 6.61 Å². The van der Waals surface area contributed by atoms with Gasteiger partial charge < -0.3 is 9.47 Å². The fraction of sp³-hybridized carbons (Fsp3) is 0.857. The van der Waals surface area contributed by atoms with Crippen LogP contribution < -0.4 is 0 Å². The molecule has 0 unspecified atom stereocenters. The maximum atomic E-state index is 10.8. The fourth-order valence-electron chi connectivity index (χ4n) is 1.65. The Morgan fingerprint density at radius 2 is 2.50 bits per heavy atom. The molecule has 0 aromatic heterocycles. The van der Waals surface area contributed by atoms with E-state index < -0.39 is 5.79 Å². The van der Waals surface area contributed by atoms with Crippen molar-refractivity contribution in [3.8, 4) is 0 Å². The van der Waals surface area contributed by atoms with Crippen molar-refractivity contribution in [2.45, 2.75) is 25.6 Å². The summed E-state index contributed by atoms with van der Waals surface area (Å²) in [6.07, 6.45) is 1.50. The number of rotatable bonds is 0. The second-order valence-electron chi connectivity index (χ2n) is 3.03. The van der Waals surface area contributed by atoms with Crippen molar-refractivity contribution in [3.63, 3.8) is 0 Å². The van der Waals surface area contributed by atoms with E-state index in [1.54, 1.807) is 0 Å². The molecule has 2 aliphatic rings. The molecule has 56 valence electrons. The molecule has 10 heavy (non-hydrogen) atoms. The molecule has 2 heterocycles. The van der Waals surface area contributed by atoms with E-state index in [1.165, 1.54) is 0 Å². The van der Waals surface area contributed by atoms with Crippen molar-refractivity contribution >= 4 is 5.97 Å². The highest BCUT2D eigenvalue weighted by molar-refractivity contribution is 5.72. The van der Waals surface area contributed by atoms with E-state index in [4.69, 9.17) is 9.47 Å². The normalized spacial score (nSPS) is 45.3. The van der Waals surface area contributed by atoms with Crippen LogP contribution in [0.2, 0.25) is 0 Å². The van der Waals surface area contributed by atoms with Gasteiger partial charge in [0.1, 0.15) is 0 Å². The summed E-state index contributed by atoms with van der Waals surface area (Å²) >= 11 is 0. The zero-order valence-electron chi connectivity index (χ0n) is 5.92. The molecule has 0 bridgehead atoms. The Kier molecular flexibility index (Phi) is 1.06. The summed E-state index contributed by atoms with van der Waals surface area (Å²) in [6, 6.07) is 0. The van der Waals surface area contributed by atoms with Gasteiger partial charge in [0.15, 0.2) is 0 Å². The first-order chi connectivity index (χ1) is 4.71. The van der Waals surface area contributed by atoms with Crippen molar-refractivity contribution in [1.82, 2.24) is 0 Å². The second kappa shape index (κ2) is 1.72. The van der Waals surface area contributed by atoms with Crippen LogP contribution in [0.25, 0.3) is 0 Å². The first kappa shape index (κ1) is 6.16. The maximum absolute atomic E-state index is 10.8. The lowest BCUT2D eigenvalue weighted by Gasteiger charge is -2.20. The predicted octanol–water partition coefficient (Wildman–Crippen LogP) is 0.686. The smallest absolute Gasteiger partial charge is 0.308 e. The first-order valence-corrected chi connectivity index (χ1v) is 3.56. The second-order valence-corrected chi connectivity index (χ2v) is 3.03. The lowest BCUT2D eigenvalue weighted by molar-refractivity contribution is -0.193.